The third-order valence-electron chi connectivity index (χ3n) is 6.84. The predicted molar refractivity (Wildman–Crippen MR) is 155 cm³/mol. The average Bonchev–Trinajstić information content (AvgIpc) is 3.06. The SMILES string of the molecule is N=P1(Cl)Oc2c(-c3ccccc3)cc3ccccc3c2-c2c(c(-c3ccccc3)cc3ccccc23)O1. The third kappa shape index (κ3) is 3.71. The Hall–Kier alpha value is -4.04. The van der Waals surface area contributed by atoms with Gasteiger partial charge in [0, 0.05) is 33.5 Å². The van der Waals surface area contributed by atoms with Crippen molar-refractivity contribution in [2.45, 2.75) is 0 Å². The van der Waals surface area contributed by atoms with Gasteiger partial charge in [0.2, 0.25) is 0 Å². The largest absolute Gasteiger partial charge is 0.418 e. The second-order valence-corrected chi connectivity index (χ2v) is 11.8. The first-order valence-corrected chi connectivity index (χ1v) is 14.6. The zero-order chi connectivity index (χ0) is 25.0. The van der Waals surface area contributed by atoms with Gasteiger partial charge in [-0.05, 0) is 44.8 Å². The van der Waals surface area contributed by atoms with Crippen LogP contribution in [0.15, 0.2) is 121 Å². The molecule has 6 aromatic rings. The minimum Gasteiger partial charge on any atom is -0.418 e. The van der Waals surface area contributed by atoms with E-state index in [4.69, 9.17) is 25.5 Å². The van der Waals surface area contributed by atoms with Crippen LogP contribution in [0.1, 0.15) is 0 Å². The van der Waals surface area contributed by atoms with E-state index in [2.05, 4.69) is 60.7 Å². The first kappa shape index (κ1) is 22.2. The lowest BCUT2D eigenvalue weighted by Gasteiger charge is -2.18. The molecule has 1 N–H and O–H groups in total. The average molecular weight is 518 g/mol. The van der Waals surface area contributed by atoms with Crippen LogP contribution in [0.3, 0.4) is 0 Å². The second-order valence-electron chi connectivity index (χ2n) is 9.09. The first-order chi connectivity index (χ1) is 18.1. The first-order valence-electron chi connectivity index (χ1n) is 12.0. The molecule has 178 valence electrons. The van der Waals surface area contributed by atoms with Crippen molar-refractivity contribution in [2.24, 2.45) is 0 Å². The van der Waals surface area contributed by atoms with E-state index in [0.29, 0.717) is 11.5 Å². The highest BCUT2D eigenvalue weighted by Crippen LogP contribution is 2.65. The number of fused-ring (bicyclic) bond motifs is 7. The maximum atomic E-state index is 8.99. The number of nitrogens with one attached hydrogen (secondary N) is 1. The molecular formula is C32H21ClNO2P. The highest BCUT2D eigenvalue weighted by Gasteiger charge is 2.34. The maximum absolute atomic E-state index is 8.99. The summed E-state index contributed by atoms with van der Waals surface area (Å²) < 4.78 is 12.8. The standard InChI is InChI=1S/C32H21ClNO2P/c33-37(34)35-31-27(21-11-3-1-4-12-21)19-23-15-7-9-17-25(23)29(31)30-26-18-10-8-16-24(26)20-28(32(30)36-37)22-13-5-2-6-14-22/h1-20,34H. The van der Waals surface area contributed by atoms with Crippen molar-refractivity contribution in [1.29, 1.82) is 5.16 Å². The van der Waals surface area contributed by atoms with Crippen LogP contribution in [-0.4, -0.2) is 0 Å². The summed E-state index contributed by atoms with van der Waals surface area (Å²) in [6.07, 6.45) is 0. The van der Waals surface area contributed by atoms with Gasteiger partial charge in [-0.3, -0.25) is 0 Å². The minimum absolute atomic E-state index is 0.581. The summed E-state index contributed by atoms with van der Waals surface area (Å²) in [7, 11) is 0. The summed E-state index contributed by atoms with van der Waals surface area (Å²) in [5.41, 5.74) is 5.56. The number of halogens is 1. The lowest BCUT2D eigenvalue weighted by molar-refractivity contribution is 0.502. The monoisotopic (exact) mass is 517 g/mol. The Morgan fingerprint density at radius 3 is 1.32 bits per heavy atom. The van der Waals surface area contributed by atoms with Crippen LogP contribution in [0.25, 0.3) is 54.9 Å². The van der Waals surface area contributed by atoms with E-state index in [1.54, 1.807) is 0 Å². The normalized spacial score (nSPS) is 13.8. The second kappa shape index (κ2) is 8.52. The molecule has 0 amide bonds. The van der Waals surface area contributed by atoms with Crippen LogP contribution in [0.5, 0.6) is 11.5 Å². The Morgan fingerprint density at radius 2 is 0.892 bits per heavy atom. The molecule has 6 aromatic carbocycles. The van der Waals surface area contributed by atoms with E-state index in [1.165, 1.54) is 0 Å². The van der Waals surface area contributed by atoms with Crippen LogP contribution in [0.2, 0.25) is 0 Å². The summed E-state index contributed by atoms with van der Waals surface area (Å²) >= 11 is 6.79. The van der Waals surface area contributed by atoms with Gasteiger partial charge >= 0.3 is 6.86 Å². The van der Waals surface area contributed by atoms with Crippen LogP contribution in [0, 0.1) is 5.16 Å². The smallest absolute Gasteiger partial charge is 0.410 e. The molecule has 5 heteroatoms. The quantitative estimate of drug-likeness (QED) is 0.232. The molecule has 1 aliphatic rings. The molecule has 1 heterocycles. The molecule has 0 unspecified atom stereocenters. The van der Waals surface area contributed by atoms with E-state index >= 15 is 0 Å². The van der Waals surface area contributed by atoms with Crippen LogP contribution in [-0.2, 0) is 0 Å². The molecule has 0 aromatic heterocycles. The van der Waals surface area contributed by atoms with E-state index in [-0.39, 0.29) is 0 Å². The Labute approximate surface area is 219 Å². The number of benzene rings is 6. The molecule has 1 aliphatic heterocycles. The van der Waals surface area contributed by atoms with Gasteiger partial charge in [-0.15, -0.1) is 0 Å². The van der Waals surface area contributed by atoms with Gasteiger partial charge in [-0.25, -0.2) is 5.16 Å². The van der Waals surface area contributed by atoms with Gasteiger partial charge in [-0.1, -0.05) is 109 Å². The molecule has 0 atom stereocenters. The van der Waals surface area contributed by atoms with Gasteiger partial charge in [0.05, 0.1) is 0 Å². The molecule has 0 radical (unpaired) electrons. The molecule has 0 bridgehead atoms. The lowest BCUT2D eigenvalue weighted by atomic mass is 9.86. The van der Waals surface area contributed by atoms with Crippen molar-refractivity contribution >= 4 is 39.6 Å². The Bertz CT molecular complexity index is 1730. The summed E-state index contributed by atoms with van der Waals surface area (Å²) in [6, 6.07) is 41.0. The molecule has 0 saturated heterocycles. The van der Waals surface area contributed by atoms with Crippen LogP contribution >= 0.6 is 18.1 Å². The van der Waals surface area contributed by atoms with Gasteiger partial charge in [0.25, 0.3) is 0 Å². The number of hydrogen-bond acceptors (Lipinski definition) is 3. The Morgan fingerprint density at radius 1 is 0.514 bits per heavy atom. The van der Waals surface area contributed by atoms with Crippen molar-refractivity contribution in [2.75, 3.05) is 0 Å². The van der Waals surface area contributed by atoms with Gasteiger partial charge in [-0.2, -0.15) is 0 Å². The predicted octanol–water partition coefficient (Wildman–Crippen LogP) is 10.5. The third-order valence-corrected chi connectivity index (χ3v) is 8.09. The van der Waals surface area contributed by atoms with Crippen LogP contribution in [0.4, 0.5) is 0 Å². The Balaban J connectivity index is 1.72. The van der Waals surface area contributed by atoms with Crippen molar-refractivity contribution < 1.29 is 9.05 Å². The molecule has 7 rings (SSSR count). The zero-order valence-corrected chi connectivity index (χ0v) is 21.3. The molecular weight excluding hydrogens is 497 g/mol. The molecule has 0 saturated carbocycles. The van der Waals surface area contributed by atoms with Crippen molar-refractivity contribution in [3.63, 3.8) is 0 Å². The summed E-state index contributed by atoms with van der Waals surface area (Å²) in [5.74, 6) is 1.16. The molecule has 37 heavy (non-hydrogen) atoms. The molecule has 0 fully saturated rings. The Kier molecular flexibility index (Phi) is 5.11. The highest BCUT2D eigenvalue weighted by molar-refractivity contribution is 7.83. The lowest BCUT2D eigenvalue weighted by Crippen LogP contribution is -1.95. The molecule has 0 spiro atoms. The summed E-state index contributed by atoms with van der Waals surface area (Å²) in [6.45, 7) is -3.57. The topological polar surface area (TPSA) is 42.3 Å². The highest BCUT2D eigenvalue weighted by atomic mass is 35.7. The minimum atomic E-state index is -3.57. The van der Waals surface area contributed by atoms with E-state index < -0.39 is 6.86 Å². The molecule has 3 nitrogen and oxygen atoms in total. The number of hydrogen-bond donors (Lipinski definition) is 1. The van der Waals surface area contributed by atoms with E-state index in [0.717, 1.165) is 54.9 Å². The molecule has 0 aliphatic carbocycles. The zero-order valence-electron chi connectivity index (χ0n) is 19.7. The summed E-state index contributed by atoms with van der Waals surface area (Å²) in [5, 5.41) is 13.2. The van der Waals surface area contributed by atoms with Crippen LogP contribution < -0.4 is 9.05 Å². The van der Waals surface area contributed by atoms with E-state index in [1.807, 2.05) is 60.7 Å². The van der Waals surface area contributed by atoms with Crippen molar-refractivity contribution in [3.8, 4) is 44.9 Å². The van der Waals surface area contributed by atoms with Gasteiger partial charge in [0.15, 0.2) is 0 Å². The van der Waals surface area contributed by atoms with Gasteiger partial charge in [0.1, 0.15) is 11.5 Å². The van der Waals surface area contributed by atoms with Gasteiger partial charge < -0.3 is 9.05 Å². The van der Waals surface area contributed by atoms with Crippen molar-refractivity contribution in [1.82, 2.24) is 0 Å². The fraction of sp³-hybridized carbons (Fsp3) is 0. The van der Waals surface area contributed by atoms with Crippen molar-refractivity contribution in [3.05, 3.63) is 121 Å². The van der Waals surface area contributed by atoms with E-state index in [9.17, 15) is 0 Å². The fourth-order valence-corrected chi connectivity index (χ4v) is 6.56. The number of rotatable bonds is 2. The maximum Gasteiger partial charge on any atom is 0.410 e. The fourth-order valence-electron chi connectivity index (χ4n) is 5.26. The summed E-state index contributed by atoms with van der Waals surface area (Å²) in [4.78, 5) is 0.